The maximum absolute atomic E-state index is 12.7. The van der Waals surface area contributed by atoms with Crippen molar-refractivity contribution in [2.75, 3.05) is 10.6 Å². The Hall–Kier alpha value is -3.80. The molecule has 0 atom stereocenters. The van der Waals surface area contributed by atoms with E-state index in [0.717, 1.165) is 22.3 Å². The molecule has 0 spiro atoms. The molecule has 2 N–H and O–H groups in total. The van der Waals surface area contributed by atoms with Crippen LogP contribution in [0.15, 0.2) is 73.1 Å². The molecule has 0 saturated heterocycles. The summed E-state index contributed by atoms with van der Waals surface area (Å²) in [7, 11) is 0. The van der Waals surface area contributed by atoms with Gasteiger partial charge in [-0.15, -0.1) is 0 Å². The number of hydrogen-bond acceptors (Lipinski definition) is 5. The zero-order chi connectivity index (χ0) is 21.1. The van der Waals surface area contributed by atoms with Crippen LogP contribution in [-0.4, -0.2) is 20.9 Å². The number of benzene rings is 2. The minimum atomic E-state index is -0.292. The van der Waals surface area contributed by atoms with Crippen molar-refractivity contribution >= 4 is 34.1 Å². The standard InChI is InChI=1S/C24H23N5O/c1-24(2,3)17-9-11-18(12-10-17)27-22(30)20-13-15-26-23(29-20)28-19-8-4-6-16-7-5-14-25-21(16)19/h4-15H,1-3H3,(H,27,30)(H,26,28,29). The molecule has 0 unspecified atom stereocenters. The number of nitrogens with zero attached hydrogens (tertiary/aromatic N) is 3. The maximum Gasteiger partial charge on any atom is 0.274 e. The molecule has 6 heteroatoms. The minimum Gasteiger partial charge on any atom is -0.322 e. The number of carbonyl (C=O) groups is 1. The van der Waals surface area contributed by atoms with E-state index in [1.807, 2.05) is 54.6 Å². The van der Waals surface area contributed by atoms with Gasteiger partial charge in [0.2, 0.25) is 5.95 Å². The zero-order valence-corrected chi connectivity index (χ0v) is 17.2. The zero-order valence-electron chi connectivity index (χ0n) is 17.2. The lowest BCUT2D eigenvalue weighted by molar-refractivity contribution is 0.102. The molecule has 2 aromatic carbocycles. The summed E-state index contributed by atoms with van der Waals surface area (Å²) in [6.07, 6.45) is 3.30. The minimum absolute atomic E-state index is 0.0617. The summed E-state index contributed by atoms with van der Waals surface area (Å²) in [6, 6.07) is 19.2. The molecule has 30 heavy (non-hydrogen) atoms. The van der Waals surface area contributed by atoms with E-state index in [1.54, 1.807) is 18.5 Å². The van der Waals surface area contributed by atoms with Crippen LogP contribution in [0.4, 0.5) is 17.3 Å². The van der Waals surface area contributed by atoms with Gasteiger partial charge in [-0.05, 0) is 41.3 Å². The third-order valence-corrected chi connectivity index (χ3v) is 4.78. The Labute approximate surface area is 175 Å². The van der Waals surface area contributed by atoms with Crippen molar-refractivity contribution in [1.29, 1.82) is 0 Å². The molecule has 4 rings (SSSR count). The van der Waals surface area contributed by atoms with Gasteiger partial charge in [0, 0.05) is 23.5 Å². The van der Waals surface area contributed by atoms with Gasteiger partial charge in [-0.25, -0.2) is 9.97 Å². The van der Waals surface area contributed by atoms with Crippen LogP contribution < -0.4 is 10.6 Å². The molecule has 0 radical (unpaired) electrons. The summed E-state index contributed by atoms with van der Waals surface area (Å²) in [5, 5.41) is 7.06. The molecule has 150 valence electrons. The Kier molecular flexibility index (Phi) is 5.14. The second-order valence-electron chi connectivity index (χ2n) is 8.05. The Bertz CT molecular complexity index is 1190. The number of pyridine rings is 1. The largest absolute Gasteiger partial charge is 0.322 e. The lowest BCUT2D eigenvalue weighted by atomic mass is 9.87. The molecule has 2 heterocycles. The van der Waals surface area contributed by atoms with Crippen LogP contribution >= 0.6 is 0 Å². The van der Waals surface area contributed by atoms with E-state index in [0.29, 0.717) is 5.95 Å². The lowest BCUT2D eigenvalue weighted by Gasteiger charge is -2.19. The van der Waals surface area contributed by atoms with Gasteiger partial charge >= 0.3 is 0 Å². The van der Waals surface area contributed by atoms with Crippen molar-refractivity contribution in [2.45, 2.75) is 26.2 Å². The number of carbonyl (C=O) groups excluding carboxylic acids is 1. The smallest absolute Gasteiger partial charge is 0.274 e. The Morgan fingerprint density at radius 1 is 0.867 bits per heavy atom. The van der Waals surface area contributed by atoms with Gasteiger partial charge in [-0.1, -0.05) is 51.1 Å². The summed E-state index contributed by atoms with van der Waals surface area (Å²) >= 11 is 0. The first-order valence-corrected chi connectivity index (χ1v) is 9.76. The van der Waals surface area contributed by atoms with Crippen LogP contribution in [-0.2, 0) is 5.41 Å². The highest BCUT2D eigenvalue weighted by Crippen LogP contribution is 2.24. The third-order valence-electron chi connectivity index (χ3n) is 4.78. The predicted molar refractivity (Wildman–Crippen MR) is 120 cm³/mol. The van der Waals surface area contributed by atoms with Crippen LogP contribution in [0.1, 0.15) is 36.8 Å². The predicted octanol–water partition coefficient (Wildman–Crippen LogP) is 5.32. The number of rotatable bonds is 4. The SMILES string of the molecule is CC(C)(C)c1ccc(NC(=O)c2ccnc(Nc3cccc4cccnc34)n2)cc1. The number of anilines is 3. The van der Waals surface area contributed by atoms with Crippen molar-refractivity contribution in [2.24, 2.45) is 0 Å². The van der Waals surface area contributed by atoms with Gasteiger partial charge in [0.25, 0.3) is 5.91 Å². The fourth-order valence-corrected chi connectivity index (χ4v) is 3.12. The molecule has 2 aromatic heterocycles. The summed E-state index contributed by atoms with van der Waals surface area (Å²) < 4.78 is 0. The van der Waals surface area contributed by atoms with Gasteiger partial charge in [0.05, 0.1) is 11.2 Å². The third kappa shape index (κ3) is 4.27. The monoisotopic (exact) mass is 397 g/mol. The highest BCUT2D eigenvalue weighted by molar-refractivity contribution is 6.03. The quantitative estimate of drug-likeness (QED) is 0.487. The molecule has 0 bridgehead atoms. The van der Waals surface area contributed by atoms with Crippen LogP contribution in [0.3, 0.4) is 0 Å². The second kappa shape index (κ2) is 7.91. The molecule has 0 aliphatic carbocycles. The van der Waals surface area contributed by atoms with Gasteiger partial charge in [0.15, 0.2) is 0 Å². The highest BCUT2D eigenvalue weighted by Gasteiger charge is 2.14. The van der Waals surface area contributed by atoms with E-state index >= 15 is 0 Å². The number of amides is 1. The van der Waals surface area contributed by atoms with Crippen LogP contribution in [0.25, 0.3) is 10.9 Å². The molecular formula is C24H23N5O. The Balaban J connectivity index is 1.52. The fourth-order valence-electron chi connectivity index (χ4n) is 3.12. The van der Waals surface area contributed by atoms with E-state index in [4.69, 9.17) is 0 Å². The summed E-state index contributed by atoms with van der Waals surface area (Å²) in [4.78, 5) is 25.7. The number of nitrogens with one attached hydrogen (secondary N) is 2. The molecule has 4 aromatic rings. The van der Waals surface area contributed by atoms with Gasteiger partial charge in [0.1, 0.15) is 5.69 Å². The average Bonchev–Trinajstić information content (AvgIpc) is 2.74. The van der Waals surface area contributed by atoms with Gasteiger partial charge < -0.3 is 10.6 Å². The van der Waals surface area contributed by atoms with E-state index in [2.05, 4.69) is 46.4 Å². The number of para-hydroxylation sites is 1. The summed E-state index contributed by atoms with van der Waals surface area (Å²) in [5.41, 5.74) is 3.87. The number of fused-ring (bicyclic) bond motifs is 1. The molecule has 0 saturated carbocycles. The van der Waals surface area contributed by atoms with Crippen molar-refractivity contribution < 1.29 is 4.79 Å². The Morgan fingerprint density at radius 2 is 1.63 bits per heavy atom. The van der Waals surface area contributed by atoms with Crippen LogP contribution in [0.5, 0.6) is 0 Å². The fraction of sp³-hybridized carbons (Fsp3) is 0.167. The molecule has 0 fully saturated rings. The molecular weight excluding hydrogens is 374 g/mol. The first-order valence-electron chi connectivity index (χ1n) is 9.76. The molecule has 1 amide bonds. The van der Waals surface area contributed by atoms with E-state index in [-0.39, 0.29) is 17.0 Å². The highest BCUT2D eigenvalue weighted by atomic mass is 16.1. The Morgan fingerprint density at radius 3 is 2.40 bits per heavy atom. The number of aromatic nitrogens is 3. The maximum atomic E-state index is 12.7. The summed E-state index contributed by atoms with van der Waals surface area (Å²) in [6.45, 7) is 6.46. The van der Waals surface area contributed by atoms with Crippen molar-refractivity contribution in [3.63, 3.8) is 0 Å². The van der Waals surface area contributed by atoms with Crippen LogP contribution in [0, 0.1) is 0 Å². The lowest BCUT2D eigenvalue weighted by Crippen LogP contribution is -2.15. The molecule has 0 aliphatic rings. The van der Waals surface area contributed by atoms with Gasteiger partial charge in [-0.2, -0.15) is 0 Å². The van der Waals surface area contributed by atoms with Gasteiger partial charge in [-0.3, -0.25) is 9.78 Å². The molecule has 0 aliphatic heterocycles. The van der Waals surface area contributed by atoms with E-state index in [1.165, 1.54) is 5.56 Å². The van der Waals surface area contributed by atoms with Crippen molar-refractivity contribution in [1.82, 2.24) is 15.0 Å². The first-order chi connectivity index (χ1) is 14.4. The number of hydrogen-bond donors (Lipinski definition) is 2. The second-order valence-corrected chi connectivity index (χ2v) is 8.05. The topological polar surface area (TPSA) is 79.8 Å². The summed E-state index contributed by atoms with van der Waals surface area (Å²) in [5.74, 6) is 0.0453. The normalized spacial score (nSPS) is 11.3. The van der Waals surface area contributed by atoms with E-state index in [9.17, 15) is 4.79 Å². The van der Waals surface area contributed by atoms with E-state index < -0.39 is 0 Å². The van der Waals surface area contributed by atoms with Crippen LogP contribution in [0.2, 0.25) is 0 Å². The first kappa shape index (κ1) is 19.5. The molecule has 6 nitrogen and oxygen atoms in total. The van der Waals surface area contributed by atoms with Crippen molar-refractivity contribution in [3.8, 4) is 0 Å². The average molecular weight is 397 g/mol. The van der Waals surface area contributed by atoms with Crippen molar-refractivity contribution in [3.05, 3.63) is 84.3 Å².